The highest BCUT2D eigenvalue weighted by Crippen LogP contribution is 2.07. The molecule has 0 radical (unpaired) electrons. The van der Waals surface area contributed by atoms with Gasteiger partial charge in [0.25, 0.3) is 0 Å². The van der Waals surface area contributed by atoms with Crippen LogP contribution < -0.4 is 10.6 Å². The van der Waals surface area contributed by atoms with Crippen LogP contribution in [0.25, 0.3) is 0 Å². The third-order valence-corrected chi connectivity index (χ3v) is 3.22. The van der Waals surface area contributed by atoms with Crippen LogP contribution in [-0.2, 0) is 15.6 Å². The third-order valence-electron chi connectivity index (χ3n) is 2.44. The zero-order chi connectivity index (χ0) is 13.4. The van der Waals surface area contributed by atoms with E-state index in [2.05, 4.69) is 10.6 Å². The molecule has 0 aromatic heterocycles. The molecule has 0 fully saturated rings. The highest BCUT2D eigenvalue weighted by atomic mass is 32.2. The maximum absolute atomic E-state index is 11.4. The molecule has 1 unspecified atom stereocenters. The molecule has 0 saturated heterocycles. The number of urea groups is 1. The molecule has 0 aromatic carbocycles. The van der Waals surface area contributed by atoms with Crippen molar-refractivity contribution in [1.29, 1.82) is 0 Å². The highest BCUT2D eigenvalue weighted by molar-refractivity contribution is 7.84. The zero-order valence-electron chi connectivity index (χ0n) is 10.4. The number of hydrogen-bond donors (Lipinski definition) is 3. The van der Waals surface area contributed by atoms with Crippen LogP contribution in [0.3, 0.4) is 0 Å². The summed E-state index contributed by atoms with van der Waals surface area (Å²) in [7, 11) is -0.973. The topological polar surface area (TPSA) is 95.5 Å². The predicted molar refractivity (Wildman–Crippen MR) is 66.3 cm³/mol. The minimum Gasteiger partial charge on any atom is -0.480 e. The van der Waals surface area contributed by atoms with Crippen LogP contribution in [0.4, 0.5) is 4.79 Å². The Morgan fingerprint density at radius 3 is 2.41 bits per heavy atom. The average molecular weight is 264 g/mol. The Balaban J connectivity index is 4.13. The lowest BCUT2D eigenvalue weighted by molar-refractivity contribution is -0.140. The van der Waals surface area contributed by atoms with Gasteiger partial charge in [-0.3, -0.25) is 4.21 Å². The van der Waals surface area contributed by atoms with Gasteiger partial charge in [0.1, 0.15) is 6.04 Å². The smallest absolute Gasteiger partial charge is 0.326 e. The Kier molecular flexibility index (Phi) is 7.53. The number of nitrogens with one attached hydrogen (secondary N) is 2. The average Bonchev–Trinajstić information content (AvgIpc) is 2.24. The lowest BCUT2D eigenvalue weighted by Gasteiger charge is -2.20. The Morgan fingerprint density at radius 2 is 2.00 bits per heavy atom. The summed E-state index contributed by atoms with van der Waals surface area (Å²) in [6.07, 6.45) is 2.20. The van der Waals surface area contributed by atoms with Gasteiger partial charge >= 0.3 is 12.0 Å². The number of carboxylic acids is 1. The van der Waals surface area contributed by atoms with Crippen molar-refractivity contribution in [1.82, 2.24) is 10.6 Å². The van der Waals surface area contributed by atoms with E-state index in [0.29, 0.717) is 12.2 Å². The maximum Gasteiger partial charge on any atom is 0.326 e. The Bertz CT molecular complexity index is 296. The van der Waals surface area contributed by atoms with Crippen LogP contribution in [0.1, 0.15) is 20.3 Å². The molecule has 100 valence electrons. The number of carbonyl (C=O) groups excluding carboxylic acids is 1. The van der Waals surface area contributed by atoms with Crippen molar-refractivity contribution in [3.63, 3.8) is 0 Å². The number of hydrogen-bond acceptors (Lipinski definition) is 3. The SMILES string of the molecule is CC[C@H](C)[C@H](NC(=O)NCCS(C)=O)C(=O)O. The summed E-state index contributed by atoms with van der Waals surface area (Å²) in [4.78, 5) is 22.3. The van der Waals surface area contributed by atoms with E-state index >= 15 is 0 Å². The van der Waals surface area contributed by atoms with E-state index in [0.717, 1.165) is 0 Å². The van der Waals surface area contributed by atoms with Gasteiger partial charge in [0, 0.05) is 29.4 Å². The lowest BCUT2D eigenvalue weighted by Crippen LogP contribution is -2.49. The molecule has 7 heteroatoms. The maximum atomic E-state index is 11.4. The largest absolute Gasteiger partial charge is 0.480 e. The number of amides is 2. The van der Waals surface area contributed by atoms with Crippen molar-refractivity contribution < 1.29 is 18.9 Å². The molecule has 6 nitrogen and oxygen atoms in total. The lowest BCUT2D eigenvalue weighted by atomic mass is 9.99. The van der Waals surface area contributed by atoms with Crippen LogP contribution in [0.15, 0.2) is 0 Å². The van der Waals surface area contributed by atoms with E-state index in [1.54, 1.807) is 13.2 Å². The fraction of sp³-hybridized carbons (Fsp3) is 0.800. The number of carbonyl (C=O) groups is 2. The molecule has 0 saturated carbocycles. The van der Waals surface area contributed by atoms with Gasteiger partial charge < -0.3 is 15.7 Å². The Morgan fingerprint density at radius 1 is 1.41 bits per heavy atom. The quantitative estimate of drug-likeness (QED) is 0.610. The van der Waals surface area contributed by atoms with Crippen molar-refractivity contribution in [2.75, 3.05) is 18.6 Å². The summed E-state index contributed by atoms with van der Waals surface area (Å²) in [5, 5.41) is 13.8. The first-order valence-electron chi connectivity index (χ1n) is 5.45. The van der Waals surface area contributed by atoms with Crippen LogP contribution >= 0.6 is 0 Å². The molecule has 17 heavy (non-hydrogen) atoms. The molecule has 0 spiro atoms. The highest BCUT2D eigenvalue weighted by Gasteiger charge is 2.24. The minimum atomic E-state index is -1.05. The van der Waals surface area contributed by atoms with Gasteiger partial charge in [-0.05, 0) is 5.92 Å². The van der Waals surface area contributed by atoms with Crippen LogP contribution in [0, 0.1) is 5.92 Å². The summed E-state index contributed by atoms with van der Waals surface area (Å²) >= 11 is 0. The molecule has 3 N–H and O–H groups in total. The summed E-state index contributed by atoms with van der Waals surface area (Å²) in [5.74, 6) is -0.832. The van der Waals surface area contributed by atoms with Gasteiger partial charge in [-0.2, -0.15) is 0 Å². The second-order valence-corrected chi connectivity index (χ2v) is 5.43. The van der Waals surface area contributed by atoms with E-state index in [1.807, 2.05) is 6.92 Å². The monoisotopic (exact) mass is 264 g/mol. The van der Waals surface area contributed by atoms with E-state index in [1.165, 1.54) is 0 Å². The number of aliphatic carboxylic acids is 1. The molecule has 3 atom stereocenters. The van der Waals surface area contributed by atoms with E-state index in [4.69, 9.17) is 5.11 Å². The molecule has 0 aliphatic rings. The summed E-state index contributed by atoms with van der Waals surface area (Å²) in [5.41, 5.74) is 0. The van der Waals surface area contributed by atoms with Gasteiger partial charge in [-0.1, -0.05) is 20.3 Å². The fourth-order valence-electron chi connectivity index (χ4n) is 1.18. The summed E-state index contributed by atoms with van der Waals surface area (Å²) < 4.78 is 10.8. The normalized spacial score (nSPS) is 15.7. The van der Waals surface area contributed by atoms with Gasteiger partial charge in [-0.25, -0.2) is 9.59 Å². The van der Waals surface area contributed by atoms with Gasteiger partial charge in [0.05, 0.1) is 0 Å². The van der Waals surface area contributed by atoms with E-state index in [9.17, 15) is 13.8 Å². The number of rotatable bonds is 7. The summed E-state index contributed by atoms with van der Waals surface area (Å²) in [6.45, 7) is 3.89. The first-order valence-corrected chi connectivity index (χ1v) is 7.18. The van der Waals surface area contributed by atoms with Gasteiger partial charge in [-0.15, -0.1) is 0 Å². The minimum absolute atomic E-state index is 0.140. The second kappa shape index (κ2) is 8.05. The first-order chi connectivity index (χ1) is 7.88. The van der Waals surface area contributed by atoms with E-state index < -0.39 is 28.8 Å². The second-order valence-electron chi connectivity index (χ2n) is 3.88. The predicted octanol–water partition coefficient (Wildman–Crippen LogP) is 0.163. The standard InChI is InChI=1S/C10H20N2O4S/c1-4-7(2)8(9(13)14)12-10(15)11-5-6-17(3)16/h7-8H,4-6H2,1-3H3,(H,13,14)(H2,11,12,15)/t7-,8-,17?/m0/s1. The molecule has 0 rings (SSSR count). The molecule has 0 aliphatic heterocycles. The van der Waals surface area contributed by atoms with Crippen molar-refractivity contribution in [3.05, 3.63) is 0 Å². The fourth-order valence-corrected chi connectivity index (χ4v) is 1.57. The molecule has 0 bridgehead atoms. The first kappa shape index (κ1) is 15.9. The van der Waals surface area contributed by atoms with Crippen molar-refractivity contribution in [3.8, 4) is 0 Å². The molecule has 0 aromatic rings. The van der Waals surface area contributed by atoms with Gasteiger partial charge in [0.2, 0.25) is 0 Å². The Hall–Kier alpha value is -1.11. The molecule has 0 heterocycles. The van der Waals surface area contributed by atoms with Crippen molar-refractivity contribution in [2.24, 2.45) is 5.92 Å². The molecular weight excluding hydrogens is 244 g/mol. The molecule has 0 aliphatic carbocycles. The number of carboxylic acid groups (broad SMARTS) is 1. The van der Waals surface area contributed by atoms with Gasteiger partial charge in [0.15, 0.2) is 0 Å². The van der Waals surface area contributed by atoms with Crippen LogP contribution in [-0.4, -0.2) is 45.9 Å². The van der Waals surface area contributed by atoms with Crippen molar-refractivity contribution in [2.45, 2.75) is 26.3 Å². The molecule has 2 amide bonds. The van der Waals surface area contributed by atoms with Crippen LogP contribution in [0.2, 0.25) is 0 Å². The van der Waals surface area contributed by atoms with E-state index in [-0.39, 0.29) is 12.5 Å². The van der Waals surface area contributed by atoms with Crippen LogP contribution in [0.5, 0.6) is 0 Å². The Labute approximate surface area is 104 Å². The zero-order valence-corrected chi connectivity index (χ0v) is 11.2. The third kappa shape index (κ3) is 6.93. The summed E-state index contributed by atoms with van der Waals surface area (Å²) in [6, 6.07) is -1.43. The molecular formula is C10H20N2O4S. The van der Waals surface area contributed by atoms with Crippen molar-refractivity contribution >= 4 is 22.8 Å².